The number of thioether (sulfide) groups is 1. The number of H-pyrrole nitrogens is 1. The molecule has 0 aliphatic carbocycles. The van der Waals surface area contributed by atoms with Crippen molar-refractivity contribution in [1.29, 1.82) is 0 Å². The molecule has 0 aliphatic rings. The largest absolute Gasteiger partial charge is 0.726 e. The normalized spacial score (nSPS) is 13.2. The van der Waals surface area contributed by atoms with Gasteiger partial charge in [0.2, 0.25) is 16.3 Å². The summed E-state index contributed by atoms with van der Waals surface area (Å²) < 4.78 is 43.4. The Morgan fingerprint density at radius 3 is 2.47 bits per heavy atom. The quantitative estimate of drug-likeness (QED) is 0.112. The molecule has 0 saturated carbocycles. The Bertz CT molecular complexity index is 1130. The van der Waals surface area contributed by atoms with Crippen molar-refractivity contribution in [3.05, 3.63) is 51.8 Å². The Kier molecular flexibility index (Phi) is 10.1. The number of hydrogen-bond donors (Lipinski definition) is 3. The van der Waals surface area contributed by atoms with Gasteiger partial charge in [-0.15, -0.1) is 11.8 Å². The predicted molar refractivity (Wildman–Crippen MR) is 124 cm³/mol. The molecule has 1 aromatic carbocycles. The number of aromatic nitrogens is 1. The van der Waals surface area contributed by atoms with Gasteiger partial charge in [-0.2, -0.15) is 0 Å². The molecule has 2 atom stereocenters. The number of halogens is 1. The van der Waals surface area contributed by atoms with Crippen LogP contribution in [0.1, 0.15) is 41.5 Å². The summed E-state index contributed by atoms with van der Waals surface area (Å²) in [6.45, 7) is 2.70. The first-order valence-corrected chi connectivity index (χ1v) is 12.9. The van der Waals surface area contributed by atoms with Crippen LogP contribution in [0.3, 0.4) is 0 Å². The zero-order valence-electron chi connectivity index (χ0n) is 18.1. The number of carbonyl (C=O) groups excluding carboxylic acids is 2. The number of benzene rings is 1. The fourth-order valence-electron chi connectivity index (χ4n) is 2.91. The smallest absolute Gasteiger partial charge is 0.356 e. The molecule has 0 aliphatic heterocycles. The topological polar surface area (TPSA) is 175 Å². The highest BCUT2D eigenvalue weighted by atomic mass is 79.9. The number of hydrogen-bond acceptors (Lipinski definition) is 9. The number of aromatic amines is 1. The van der Waals surface area contributed by atoms with Gasteiger partial charge < -0.3 is 24.7 Å². The van der Waals surface area contributed by atoms with Gasteiger partial charge in [0.05, 0.1) is 6.10 Å². The van der Waals surface area contributed by atoms with E-state index < -0.39 is 34.4 Å². The van der Waals surface area contributed by atoms with Crippen molar-refractivity contribution in [2.24, 2.45) is 0 Å². The number of carboxylic acids is 1. The summed E-state index contributed by atoms with van der Waals surface area (Å²) in [5, 5.41) is 12.2. The van der Waals surface area contributed by atoms with Crippen molar-refractivity contribution in [2.45, 2.75) is 37.4 Å². The fraction of sp³-hybridized carbons (Fsp3) is 0.350. The van der Waals surface area contributed by atoms with E-state index in [1.165, 1.54) is 13.0 Å². The van der Waals surface area contributed by atoms with Gasteiger partial charge in [0.25, 0.3) is 0 Å². The molecule has 0 bridgehead atoms. The lowest BCUT2D eigenvalue weighted by atomic mass is 10.0. The van der Waals surface area contributed by atoms with Crippen LogP contribution < -0.4 is 5.32 Å². The maximum absolute atomic E-state index is 12.8. The van der Waals surface area contributed by atoms with E-state index >= 15 is 0 Å². The maximum Gasteiger partial charge on any atom is 0.356 e. The van der Waals surface area contributed by atoms with E-state index in [4.69, 9.17) is 4.74 Å². The average molecular weight is 578 g/mol. The minimum atomic E-state index is -5.17. The molecular weight excluding hydrogens is 556 g/mol. The van der Waals surface area contributed by atoms with Crippen LogP contribution in [0, 0.1) is 0 Å². The SMILES string of the molecule is CC(=O)NCCSc1cc([C@@H](C(=O)O)[C@H](C)OS(=O)(=O)[O-])[nH]c1C(=O)OCc1ccc(Br)cc1. The van der Waals surface area contributed by atoms with Crippen LogP contribution in [0.2, 0.25) is 0 Å². The third-order valence-corrected chi connectivity index (χ3v) is 6.47. The molecule has 34 heavy (non-hydrogen) atoms. The summed E-state index contributed by atoms with van der Waals surface area (Å²) in [6.07, 6.45) is -1.55. The highest BCUT2D eigenvalue weighted by Crippen LogP contribution is 2.31. The van der Waals surface area contributed by atoms with E-state index in [2.05, 4.69) is 30.4 Å². The minimum Gasteiger partial charge on any atom is -0.726 e. The minimum absolute atomic E-state index is 0.0488. The Morgan fingerprint density at radius 1 is 1.26 bits per heavy atom. The van der Waals surface area contributed by atoms with Crippen molar-refractivity contribution < 1.29 is 41.4 Å². The van der Waals surface area contributed by atoms with Gasteiger partial charge in [-0.3, -0.25) is 13.8 Å². The molecule has 1 heterocycles. The number of esters is 1. The molecule has 0 spiro atoms. The van der Waals surface area contributed by atoms with Crippen LogP contribution in [-0.2, 0) is 35.5 Å². The van der Waals surface area contributed by atoms with Crippen molar-refractivity contribution in [3.63, 3.8) is 0 Å². The molecule has 2 rings (SSSR count). The summed E-state index contributed by atoms with van der Waals surface area (Å²) >= 11 is 4.46. The first-order chi connectivity index (χ1) is 15.9. The molecule has 0 radical (unpaired) electrons. The van der Waals surface area contributed by atoms with Crippen LogP contribution in [-0.4, -0.2) is 59.3 Å². The maximum atomic E-state index is 12.8. The van der Waals surface area contributed by atoms with Gasteiger partial charge >= 0.3 is 11.9 Å². The van der Waals surface area contributed by atoms with Crippen molar-refractivity contribution in [2.75, 3.05) is 12.3 Å². The molecule has 14 heteroatoms. The first kappa shape index (κ1) is 27.9. The summed E-state index contributed by atoms with van der Waals surface area (Å²) in [4.78, 5) is 38.7. The lowest BCUT2D eigenvalue weighted by Gasteiger charge is -2.20. The molecule has 1 amide bonds. The Labute approximate surface area is 208 Å². The molecule has 0 unspecified atom stereocenters. The average Bonchev–Trinajstić information content (AvgIpc) is 3.12. The van der Waals surface area contributed by atoms with E-state index in [0.29, 0.717) is 16.2 Å². The number of aliphatic carboxylic acids is 1. The number of ether oxygens (including phenoxy) is 1. The van der Waals surface area contributed by atoms with E-state index in [-0.39, 0.29) is 30.4 Å². The third kappa shape index (κ3) is 8.76. The van der Waals surface area contributed by atoms with Gasteiger partial charge in [-0.05, 0) is 30.7 Å². The second-order valence-electron chi connectivity index (χ2n) is 7.02. The lowest BCUT2D eigenvalue weighted by molar-refractivity contribution is -0.141. The number of amides is 1. The number of carboxylic acid groups (broad SMARTS) is 1. The van der Waals surface area contributed by atoms with Crippen molar-refractivity contribution in [3.8, 4) is 0 Å². The van der Waals surface area contributed by atoms with Gasteiger partial charge in [0, 0.05) is 34.3 Å². The van der Waals surface area contributed by atoms with E-state index in [0.717, 1.165) is 23.2 Å². The van der Waals surface area contributed by atoms with Crippen LogP contribution in [0.4, 0.5) is 0 Å². The summed E-state index contributed by atoms with van der Waals surface area (Å²) in [5.74, 6) is -3.72. The Hall–Kier alpha value is -2.39. The second-order valence-corrected chi connectivity index (χ2v) is 10.1. The van der Waals surface area contributed by atoms with Gasteiger partial charge in [-0.1, -0.05) is 28.1 Å². The second kappa shape index (κ2) is 12.4. The van der Waals surface area contributed by atoms with Crippen molar-refractivity contribution in [1.82, 2.24) is 10.3 Å². The molecule has 3 N–H and O–H groups in total. The van der Waals surface area contributed by atoms with Gasteiger partial charge in [0.1, 0.15) is 18.2 Å². The summed E-state index contributed by atoms with van der Waals surface area (Å²) in [6, 6.07) is 8.42. The van der Waals surface area contributed by atoms with Crippen LogP contribution in [0.5, 0.6) is 0 Å². The standard InChI is InChI=1S/C20H23BrN2O9S2/c1-11(32-34(28,29)30)17(19(25)26)15-9-16(33-8-7-22-12(2)24)18(23-15)20(27)31-10-13-3-5-14(21)6-4-13/h3-6,9,11,17,23H,7-8,10H2,1-2H3,(H,22,24)(H,25,26)(H,28,29,30)/p-1/t11-,17-/m0/s1. The van der Waals surface area contributed by atoms with E-state index in [1.54, 1.807) is 24.3 Å². The van der Waals surface area contributed by atoms with Gasteiger partial charge in [-0.25, -0.2) is 13.2 Å². The predicted octanol–water partition coefficient (Wildman–Crippen LogP) is 2.40. The van der Waals surface area contributed by atoms with Gasteiger partial charge in [0.15, 0.2) is 0 Å². The van der Waals surface area contributed by atoms with Crippen molar-refractivity contribution >= 4 is 55.9 Å². The molecular formula is C20H22BrN2O9S2-. The zero-order valence-corrected chi connectivity index (χ0v) is 21.3. The molecule has 186 valence electrons. The number of rotatable bonds is 12. The molecule has 1 aromatic heterocycles. The molecule has 2 aromatic rings. The van der Waals surface area contributed by atoms with E-state index in [9.17, 15) is 32.5 Å². The lowest BCUT2D eigenvalue weighted by Crippen LogP contribution is -2.28. The Morgan fingerprint density at radius 2 is 1.91 bits per heavy atom. The third-order valence-electron chi connectivity index (χ3n) is 4.36. The molecule has 0 saturated heterocycles. The number of nitrogens with one attached hydrogen (secondary N) is 2. The monoisotopic (exact) mass is 577 g/mol. The number of carbonyl (C=O) groups is 3. The van der Waals surface area contributed by atoms with Crippen LogP contribution >= 0.6 is 27.7 Å². The summed E-state index contributed by atoms with van der Waals surface area (Å²) in [5.41, 5.74) is 0.610. The Balaban J connectivity index is 2.29. The highest BCUT2D eigenvalue weighted by molar-refractivity contribution is 9.10. The highest BCUT2D eigenvalue weighted by Gasteiger charge is 2.32. The van der Waals surface area contributed by atoms with E-state index in [1.807, 2.05) is 0 Å². The fourth-order valence-corrected chi connectivity index (χ4v) is 4.57. The molecule has 11 nitrogen and oxygen atoms in total. The first-order valence-electron chi connectivity index (χ1n) is 9.76. The molecule has 0 fully saturated rings. The van der Waals surface area contributed by atoms with Crippen LogP contribution in [0.25, 0.3) is 0 Å². The summed E-state index contributed by atoms with van der Waals surface area (Å²) in [7, 11) is -5.17. The zero-order chi connectivity index (χ0) is 25.5. The van der Waals surface area contributed by atoms with Crippen LogP contribution in [0.15, 0.2) is 39.7 Å².